The standard InChI is InChI=1S/C19H20N2OS/c1-13(2)18(22)21(12-15-7-5-4-6-8-15)19-20-16-10-9-14(3)11-17(16)23-19/h4-11,13H,12H2,1-3H3. The average Bonchev–Trinajstić information content (AvgIpc) is 2.95. The number of carbonyl (C=O) groups is 1. The average molecular weight is 324 g/mol. The fraction of sp³-hybridized carbons (Fsp3) is 0.263. The van der Waals surface area contributed by atoms with E-state index >= 15 is 0 Å². The van der Waals surface area contributed by atoms with Gasteiger partial charge in [-0.05, 0) is 30.2 Å². The molecule has 0 aliphatic heterocycles. The number of aromatic nitrogens is 1. The van der Waals surface area contributed by atoms with Crippen molar-refractivity contribution >= 4 is 32.6 Å². The van der Waals surface area contributed by atoms with E-state index in [1.165, 1.54) is 5.56 Å². The first kappa shape index (κ1) is 15.7. The Hall–Kier alpha value is -2.20. The number of hydrogen-bond donors (Lipinski definition) is 0. The summed E-state index contributed by atoms with van der Waals surface area (Å²) < 4.78 is 1.12. The van der Waals surface area contributed by atoms with E-state index in [0.717, 1.165) is 20.9 Å². The number of nitrogens with zero attached hydrogens (tertiary/aromatic N) is 2. The summed E-state index contributed by atoms with van der Waals surface area (Å²) in [5, 5.41) is 0.771. The van der Waals surface area contributed by atoms with Crippen LogP contribution in [0.25, 0.3) is 10.2 Å². The predicted octanol–water partition coefficient (Wildman–Crippen LogP) is 4.79. The van der Waals surface area contributed by atoms with Gasteiger partial charge >= 0.3 is 0 Å². The molecule has 0 atom stereocenters. The van der Waals surface area contributed by atoms with Crippen LogP contribution in [0.15, 0.2) is 48.5 Å². The molecule has 0 bridgehead atoms. The summed E-state index contributed by atoms with van der Waals surface area (Å²) in [6.45, 7) is 6.48. The minimum absolute atomic E-state index is 0.0625. The molecule has 23 heavy (non-hydrogen) atoms. The Morgan fingerprint density at radius 3 is 2.61 bits per heavy atom. The summed E-state index contributed by atoms with van der Waals surface area (Å²) in [6.07, 6.45) is 0. The summed E-state index contributed by atoms with van der Waals surface area (Å²) >= 11 is 1.58. The van der Waals surface area contributed by atoms with E-state index in [9.17, 15) is 4.79 Å². The van der Waals surface area contributed by atoms with Crippen molar-refractivity contribution in [3.05, 3.63) is 59.7 Å². The predicted molar refractivity (Wildman–Crippen MR) is 96.8 cm³/mol. The van der Waals surface area contributed by atoms with Gasteiger partial charge in [-0.25, -0.2) is 4.98 Å². The summed E-state index contributed by atoms with van der Waals surface area (Å²) in [5.74, 6) is 0.0390. The van der Waals surface area contributed by atoms with Crippen LogP contribution in [-0.4, -0.2) is 10.9 Å². The number of hydrogen-bond acceptors (Lipinski definition) is 3. The molecule has 0 radical (unpaired) electrons. The topological polar surface area (TPSA) is 33.2 Å². The number of anilines is 1. The Bertz CT molecular complexity index is 824. The maximum Gasteiger partial charge on any atom is 0.231 e. The molecule has 0 N–H and O–H groups in total. The molecule has 4 heteroatoms. The number of fused-ring (bicyclic) bond motifs is 1. The summed E-state index contributed by atoms with van der Waals surface area (Å²) in [7, 11) is 0. The van der Waals surface area contributed by atoms with Crippen LogP contribution in [-0.2, 0) is 11.3 Å². The lowest BCUT2D eigenvalue weighted by atomic mass is 10.1. The lowest BCUT2D eigenvalue weighted by molar-refractivity contribution is -0.121. The monoisotopic (exact) mass is 324 g/mol. The van der Waals surface area contributed by atoms with Gasteiger partial charge < -0.3 is 0 Å². The first-order valence-corrected chi connectivity index (χ1v) is 8.59. The van der Waals surface area contributed by atoms with Gasteiger partial charge in [0.05, 0.1) is 16.8 Å². The second-order valence-electron chi connectivity index (χ2n) is 6.03. The molecule has 1 heterocycles. The molecule has 0 spiro atoms. The zero-order valence-corrected chi connectivity index (χ0v) is 14.4. The van der Waals surface area contributed by atoms with E-state index in [2.05, 4.69) is 24.0 Å². The second-order valence-corrected chi connectivity index (χ2v) is 7.04. The molecule has 1 aromatic heterocycles. The van der Waals surface area contributed by atoms with Gasteiger partial charge in [-0.1, -0.05) is 61.6 Å². The molecule has 3 aromatic rings. The highest BCUT2D eigenvalue weighted by Gasteiger charge is 2.22. The highest BCUT2D eigenvalue weighted by molar-refractivity contribution is 7.22. The van der Waals surface area contributed by atoms with Crippen LogP contribution in [0, 0.1) is 12.8 Å². The summed E-state index contributed by atoms with van der Waals surface area (Å²) in [4.78, 5) is 19.2. The van der Waals surface area contributed by atoms with Crippen molar-refractivity contribution in [2.75, 3.05) is 4.90 Å². The van der Waals surface area contributed by atoms with Gasteiger partial charge in [0.25, 0.3) is 0 Å². The number of rotatable bonds is 4. The van der Waals surface area contributed by atoms with E-state index in [1.54, 1.807) is 16.2 Å². The van der Waals surface area contributed by atoms with E-state index in [0.29, 0.717) is 6.54 Å². The summed E-state index contributed by atoms with van der Waals surface area (Å²) in [6, 6.07) is 16.2. The Kier molecular flexibility index (Phi) is 4.44. The first-order valence-electron chi connectivity index (χ1n) is 7.77. The van der Waals surface area contributed by atoms with Crippen molar-refractivity contribution in [1.29, 1.82) is 0 Å². The van der Waals surface area contributed by atoms with E-state index in [4.69, 9.17) is 0 Å². The third kappa shape index (κ3) is 3.42. The normalized spacial score (nSPS) is 11.1. The lowest BCUT2D eigenvalue weighted by Gasteiger charge is -2.22. The Morgan fingerprint density at radius 2 is 1.91 bits per heavy atom. The van der Waals surface area contributed by atoms with Crippen LogP contribution >= 0.6 is 11.3 Å². The van der Waals surface area contributed by atoms with Crippen molar-refractivity contribution < 1.29 is 4.79 Å². The Labute approximate surface area is 140 Å². The Morgan fingerprint density at radius 1 is 1.17 bits per heavy atom. The third-order valence-electron chi connectivity index (χ3n) is 3.71. The zero-order chi connectivity index (χ0) is 16.4. The minimum atomic E-state index is -0.0625. The van der Waals surface area contributed by atoms with Crippen molar-refractivity contribution in [3.8, 4) is 0 Å². The van der Waals surface area contributed by atoms with E-state index in [1.807, 2.05) is 50.2 Å². The fourth-order valence-corrected chi connectivity index (χ4v) is 3.52. The van der Waals surface area contributed by atoms with Gasteiger partial charge in [0.15, 0.2) is 5.13 Å². The number of benzene rings is 2. The van der Waals surface area contributed by atoms with Gasteiger partial charge in [0.1, 0.15) is 0 Å². The lowest BCUT2D eigenvalue weighted by Crippen LogP contribution is -2.33. The van der Waals surface area contributed by atoms with Crippen LogP contribution in [0.4, 0.5) is 5.13 Å². The molecule has 3 nitrogen and oxygen atoms in total. The van der Waals surface area contributed by atoms with Gasteiger partial charge in [-0.15, -0.1) is 0 Å². The number of aryl methyl sites for hydroxylation is 1. The number of carbonyl (C=O) groups excluding carboxylic acids is 1. The van der Waals surface area contributed by atoms with Crippen molar-refractivity contribution in [2.24, 2.45) is 5.92 Å². The first-order chi connectivity index (χ1) is 11.0. The fourth-order valence-electron chi connectivity index (χ4n) is 2.45. The molecule has 3 rings (SSSR count). The van der Waals surface area contributed by atoms with Crippen LogP contribution < -0.4 is 4.90 Å². The third-order valence-corrected chi connectivity index (χ3v) is 4.75. The number of amides is 1. The molecule has 118 valence electrons. The smallest absolute Gasteiger partial charge is 0.231 e. The molecule has 0 aliphatic rings. The molecule has 0 unspecified atom stereocenters. The minimum Gasteiger partial charge on any atom is -0.283 e. The summed E-state index contributed by atoms with van der Waals surface area (Å²) in [5.41, 5.74) is 3.26. The molecule has 2 aromatic carbocycles. The largest absolute Gasteiger partial charge is 0.283 e. The van der Waals surface area contributed by atoms with Crippen LogP contribution in [0.3, 0.4) is 0 Å². The molecule has 1 amide bonds. The highest BCUT2D eigenvalue weighted by atomic mass is 32.1. The molecule has 0 saturated heterocycles. The van der Waals surface area contributed by atoms with Crippen LogP contribution in [0.5, 0.6) is 0 Å². The van der Waals surface area contributed by atoms with E-state index in [-0.39, 0.29) is 11.8 Å². The maximum atomic E-state index is 12.7. The van der Waals surface area contributed by atoms with Gasteiger partial charge in [-0.2, -0.15) is 0 Å². The molecular formula is C19H20N2OS. The quantitative estimate of drug-likeness (QED) is 0.691. The van der Waals surface area contributed by atoms with Crippen LogP contribution in [0.2, 0.25) is 0 Å². The Balaban J connectivity index is 2.00. The molecule has 0 fully saturated rings. The molecular weight excluding hydrogens is 304 g/mol. The van der Waals surface area contributed by atoms with Gasteiger partial charge in [0, 0.05) is 5.92 Å². The molecule has 0 aliphatic carbocycles. The molecule has 0 saturated carbocycles. The van der Waals surface area contributed by atoms with Crippen LogP contribution in [0.1, 0.15) is 25.0 Å². The van der Waals surface area contributed by atoms with Gasteiger partial charge in [-0.3, -0.25) is 9.69 Å². The second kappa shape index (κ2) is 6.50. The zero-order valence-electron chi connectivity index (χ0n) is 13.6. The van der Waals surface area contributed by atoms with Crippen molar-refractivity contribution in [1.82, 2.24) is 4.98 Å². The number of thiazole rings is 1. The van der Waals surface area contributed by atoms with Crippen molar-refractivity contribution in [3.63, 3.8) is 0 Å². The maximum absolute atomic E-state index is 12.7. The highest BCUT2D eigenvalue weighted by Crippen LogP contribution is 2.31. The van der Waals surface area contributed by atoms with Gasteiger partial charge in [0.2, 0.25) is 5.91 Å². The van der Waals surface area contributed by atoms with E-state index < -0.39 is 0 Å². The SMILES string of the molecule is Cc1ccc2nc(N(Cc3ccccc3)C(=O)C(C)C)sc2c1. The van der Waals surface area contributed by atoms with Crippen molar-refractivity contribution in [2.45, 2.75) is 27.3 Å².